The van der Waals surface area contributed by atoms with Gasteiger partial charge in [0.15, 0.2) is 0 Å². The van der Waals surface area contributed by atoms with Gasteiger partial charge in [-0.3, -0.25) is 9.69 Å². The van der Waals surface area contributed by atoms with Crippen molar-refractivity contribution in [2.75, 3.05) is 52.5 Å². The molecule has 0 amide bonds. The van der Waals surface area contributed by atoms with Gasteiger partial charge in [0.25, 0.3) is 0 Å². The van der Waals surface area contributed by atoms with Gasteiger partial charge >= 0.3 is 0 Å². The first-order valence-corrected chi connectivity index (χ1v) is 10.4. The second-order valence-corrected chi connectivity index (χ2v) is 7.77. The van der Waals surface area contributed by atoms with E-state index in [2.05, 4.69) is 41.0 Å². The van der Waals surface area contributed by atoms with Crippen LogP contribution in [0.25, 0.3) is 0 Å². The molecule has 2 saturated heterocycles. The average Bonchev–Trinajstić information content (AvgIpc) is 2.72. The number of hydrogen-bond acceptors (Lipinski definition) is 4. The number of morpholine rings is 1. The van der Waals surface area contributed by atoms with E-state index < -0.39 is 0 Å². The van der Waals surface area contributed by atoms with Crippen molar-refractivity contribution in [2.45, 2.75) is 44.4 Å². The molecule has 0 spiro atoms. The van der Waals surface area contributed by atoms with Crippen molar-refractivity contribution < 1.29 is 9.53 Å². The van der Waals surface area contributed by atoms with Gasteiger partial charge in [0.1, 0.15) is 5.78 Å². The van der Waals surface area contributed by atoms with Crippen molar-refractivity contribution in [3.05, 3.63) is 35.9 Å². The fraction of sp³-hybridized carbons (Fsp3) is 0.682. The fourth-order valence-corrected chi connectivity index (χ4v) is 4.33. The van der Waals surface area contributed by atoms with Crippen LogP contribution in [0.4, 0.5) is 0 Å². The standard InChI is InChI=1S/C22H34N2O2/c1-2-3-9-21(25)22(20-7-5-4-6-8-20)10-12-23(13-11-22)14-15-24-16-18-26-19-17-24/h4-8H,2-3,9-19H2,1H3. The van der Waals surface area contributed by atoms with Crippen LogP contribution in [0.3, 0.4) is 0 Å². The quantitative estimate of drug-likeness (QED) is 0.715. The number of benzene rings is 1. The number of unbranched alkanes of at least 4 members (excludes halogenated alkanes) is 1. The summed E-state index contributed by atoms with van der Waals surface area (Å²) >= 11 is 0. The zero-order chi connectivity index (χ0) is 18.2. The van der Waals surface area contributed by atoms with Gasteiger partial charge in [0.2, 0.25) is 0 Å². The largest absolute Gasteiger partial charge is 0.379 e. The molecule has 0 bridgehead atoms. The maximum Gasteiger partial charge on any atom is 0.143 e. The van der Waals surface area contributed by atoms with E-state index in [-0.39, 0.29) is 5.41 Å². The summed E-state index contributed by atoms with van der Waals surface area (Å²) in [5.74, 6) is 0.457. The molecule has 0 N–H and O–H groups in total. The molecule has 0 radical (unpaired) electrons. The monoisotopic (exact) mass is 358 g/mol. The first-order valence-electron chi connectivity index (χ1n) is 10.4. The minimum atomic E-state index is -0.258. The van der Waals surface area contributed by atoms with Gasteiger partial charge in [-0.15, -0.1) is 0 Å². The summed E-state index contributed by atoms with van der Waals surface area (Å²) in [5.41, 5.74) is 0.972. The van der Waals surface area contributed by atoms with Crippen LogP contribution < -0.4 is 0 Å². The molecular formula is C22H34N2O2. The third-order valence-electron chi connectivity index (χ3n) is 6.16. The maximum atomic E-state index is 13.2. The molecule has 3 rings (SSSR count). The van der Waals surface area contributed by atoms with Gasteiger partial charge < -0.3 is 9.64 Å². The molecule has 4 nitrogen and oxygen atoms in total. The second-order valence-electron chi connectivity index (χ2n) is 7.77. The zero-order valence-electron chi connectivity index (χ0n) is 16.3. The highest BCUT2D eigenvalue weighted by molar-refractivity contribution is 5.90. The SMILES string of the molecule is CCCCC(=O)C1(c2ccccc2)CCN(CCN2CCOCC2)CC1. The molecule has 0 atom stereocenters. The number of ether oxygens (including phenoxy) is 1. The Hall–Kier alpha value is -1.23. The van der Waals surface area contributed by atoms with Crippen molar-refractivity contribution in [1.82, 2.24) is 9.80 Å². The Morgan fingerprint density at radius 3 is 2.23 bits per heavy atom. The van der Waals surface area contributed by atoms with Crippen LogP contribution in [-0.4, -0.2) is 68.1 Å². The molecule has 0 saturated carbocycles. The van der Waals surface area contributed by atoms with Crippen molar-refractivity contribution in [3.63, 3.8) is 0 Å². The summed E-state index contributed by atoms with van der Waals surface area (Å²) in [4.78, 5) is 18.2. The predicted molar refractivity (Wildman–Crippen MR) is 106 cm³/mol. The highest BCUT2D eigenvalue weighted by Gasteiger charge is 2.41. The molecule has 2 heterocycles. The molecule has 0 unspecified atom stereocenters. The molecule has 2 aliphatic heterocycles. The van der Waals surface area contributed by atoms with Crippen molar-refractivity contribution >= 4 is 5.78 Å². The van der Waals surface area contributed by atoms with Gasteiger partial charge in [0.05, 0.1) is 18.6 Å². The van der Waals surface area contributed by atoms with Gasteiger partial charge in [-0.2, -0.15) is 0 Å². The maximum absolute atomic E-state index is 13.2. The lowest BCUT2D eigenvalue weighted by Crippen LogP contribution is -2.49. The van der Waals surface area contributed by atoms with Crippen molar-refractivity contribution in [1.29, 1.82) is 0 Å². The van der Waals surface area contributed by atoms with Crippen LogP contribution in [-0.2, 0) is 14.9 Å². The number of piperidine rings is 1. The van der Waals surface area contributed by atoms with Crippen LogP contribution in [0.5, 0.6) is 0 Å². The zero-order valence-corrected chi connectivity index (χ0v) is 16.3. The van der Waals surface area contributed by atoms with E-state index in [1.807, 2.05) is 6.07 Å². The number of carbonyl (C=O) groups is 1. The molecular weight excluding hydrogens is 324 g/mol. The number of likely N-dealkylation sites (tertiary alicyclic amines) is 1. The Balaban J connectivity index is 1.60. The third kappa shape index (κ3) is 4.73. The first kappa shape index (κ1) is 19.5. The summed E-state index contributed by atoms with van der Waals surface area (Å²) < 4.78 is 5.43. The van der Waals surface area contributed by atoms with Crippen LogP contribution in [0.1, 0.15) is 44.6 Å². The molecule has 144 valence electrons. The number of carbonyl (C=O) groups excluding carboxylic acids is 1. The molecule has 1 aromatic carbocycles. The molecule has 1 aromatic rings. The second kappa shape index (κ2) is 9.63. The predicted octanol–water partition coefficient (Wildman–Crippen LogP) is 3.11. The summed E-state index contributed by atoms with van der Waals surface area (Å²) in [6.07, 6.45) is 4.74. The summed E-state index contributed by atoms with van der Waals surface area (Å²) in [5, 5.41) is 0. The Bertz CT molecular complexity index is 547. The van der Waals surface area contributed by atoms with E-state index in [4.69, 9.17) is 4.74 Å². The van der Waals surface area contributed by atoms with E-state index in [0.29, 0.717) is 5.78 Å². The van der Waals surface area contributed by atoms with Gasteiger partial charge in [-0.1, -0.05) is 43.7 Å². The van der Waals surface area contributed by atoms with Crippen LogP contribution in [0, 0.1) is 0 Å². The molecule has 26 heavy (non-hydrogen) atoms. The van der Waals surface area contributed by atoms with Gasteiger partial charge in [0, 0.05) is 32.6 Å². The van der Waals surface area contributed by atoms with Crippen LogP contribution in [0.15, 0.2) is 30.3 Å². The average molecular weight is 359 g/mol. The van der Waals surface area contributed by atoms with E-state index in [1.165, 1.54) is 5.56 Å². The van der Waals surface area contributed by atoms with Crippen molar-refractivity contribution in [2.24, 2.45) is 0 Å². The molecule has 4 heteroatoms. The number of nitrogens with zero attached hydrogens (tertiary/aromatic N) is 2. The number of hydrogen-bond donors (Lipinski definition) is 0. The minimum Gasteiger partial charge on any atom is -0.379 e. The molecule has 2 aliphatic rings. The van der Waals surface area contributed by atoms with Gasteiger partial charge in [-0.25, -0.2) is 0 Å². The highest BCUT2D eigenvalue weighted by Crippen LogP contribution is 2.37. The van der Waals surface area contributed by atoms with E-state index in [1.54, 1.807) is 0 Å². The fourth-order valence-electron chi connectivity index (χ4n) is 4.33. The number of rotatable bonds is 8. The molecule has 0 aliphatic carbocycles. The topological polar surface area (TPSA) is 32.8 Å². The van der Waals surface area contributed by atoms with Crippen LogP contribution in [0.2, 0.25) is 0 Å². The van der Waals surface area contributed by atoms with E-state index >= 15 is 0 Å². The Labute approximate surface area is 158 Å². The van der Waals surface area contributed by atoms with Gasteiger partial charge in [-0.05, 0) is 37.9 Å². The number of ketones is 1. The molecule has 2 fully saturated rings. The lowest BCUT2D eigenvalue weighted by atomic mass is 9.68. The lowest BCUT2D eigenvalue weighted by molar-refractivity contribution is -0.126. The minimum absolute atomic E-state index is 0.258. The Morgan fingerprint density at radius 1 is 1.00 bits per heavy atom. The first-order chi connectivity index (χ1) is 12.7. The third-order valence-corrected chi connectivity index (χ3v) is 6.16. The summed E-state index contributed by atoms with van der Waals surface area (Å²) in [6, 6.07) is 10.5. The summed E-state index contributed by atoms with van der Waals surface area (Å²) in [6.45, 7) is 10.3. The van der Waals surface area contributed by atoms with E-state index in [9.17, 15) is 4.79 Å². The normalized spacial score (nSPS) is 21.6. The summed E-state index contributed by atoms with van der Waals surface area (Å²) in [7, 11) is 0. The molecule has 0 aromatic heterocycles. The lowest BCUT2D eigenvalue weighted by Gasteiger charge is -2.42. The Morgan fingerprint density at radius 2 is 1.62 bits per heavy atom. The Kier molecular flexibility index (Phi) is 7.23. The van der Waals surface area contributed by atoms with E-state index in [0.717, 1.165) is 84.6 Å². The van der Waals surface area contributed by atoms with Crippen LogP contribution >= 0.6 is 0 Å². The number of Topliss-reactive ketones (excluding diaryl/α,β-unsaturated/α-hetero) is 1. The highest BCUT2D eigenvalue weighted by atomic mass is 16.5. The smallest absolute Gasteiger partial charge is 0.143 e. The van der Waals surface area contributed by atoms with Crippen molar-refractivity contribution in [3.8, 4) is 0 Å².